The fraction of sp³-hybridized carbons (Fsp3) is 0.317. The van der Waals surface area contributed by atoms with E-state index >= 15 is 0 Å². The molecule has 0 bridgehead atoms. The minimum absolute atomic E-state index is 0. The number of hydrogen-bond donors (Lipinski definition) is 2. The van der Waals surface area contributed by atoms with E-state index in [2.05, 4.69) is 185 Å². The second-order valence-corrected chi connectivity index (χ2v) is 30.4. The van der Waals surface area contributed by atoms with Crippen molar-refractivity contribution in [3.8, 4) is 0 Å². The van der Waals surface area contributed by atoms with Gasteiger partial charge >= 0.3 is 29.6 Å². The molecule has 0 radical (unpaired) electrons. The first-order valence-electron chi connectivity index (χ1n) is 28.2. The molecule has 5 aliphatic rings. The van der Waals surface area contributed by atoms with Crippen LogP contribution >= 0.6 is 151 Å². The number of hydrogen-bond acceptors (Lipinski definition) is 19. The molecule has 95 heavy (non-hydrogen) atoms. The molecule has 4 N–H and O–H groups in total. The Labute approximate surface area is 651 Å². The van der Waals surface area contributed by atoms with Gasteiger partial charge in [-0.25, -0.2) is 11.6 Å². The van der Waals surface area contributed by atoms with Crippen molar-refractivity contribution in [3.63, 3.8) is 0 Å². The van der Waals surface area contributed by atoms with Gasteiger partial charge in [-0.05, 0) is 104 Å². The van der Waals surface area contributed by atoms with Gasteiger partial charge in [-0.15, -0.1) is 11.3 Å². The van der Waals surface area contributed by atoms with Crippen LogP contribution in [0.1, 0.15) is 89.9 Å². The number of nitrogens with two attached hydrogens (primary N) is 2. The molecule has 0 saturated heterocycles. The van der Waals surface area contributed by atoms with Crippen LogP contribution in [0, 0.1) is 18.4 Å². The molecule has 1 aromatic heterocycles. The van der Waals surface area contributed by atoms with Crippen LogP contribution in [0.25, 0.3) is 4.85 Å². The summed E-state index contributed by atoms with van der Waals surface area (Å²) >= 11 is 32.8. The summed E-state index contributed by atoms with van der Waals surface area (Å²) in [5.41, 5.74) is 21.5. The van der Waals surface area contributed by atoms with Crippen LogP contribution in [0.5, 0.6) is 0 Å². The van der Waals surface area contributed by atoms with Crippen molar-refractivity contribution in [1.29, 1.82) is 5.26 Å². The van der Waals surface area contributed by atoms with E-state index in [9.17, 15) is 18.0 Å². The van der Waals surface area contributed by atoms with Crippen molar-refractivity contribution in [3.05, 3.63) is 206 Å². The van der Waals surface area contributed by atoms with E-state index in [1.165, 1.54) is 0 Å². The number of thiocarbonyl (C=S) groups is 1. The van der Waals surface area contributed by atoms with E-state index < -0.39 is 10.1 Å². The topological polar surface area (TPSA) is 279 Å². The minimum Gasteiger partial charge on any atom is -0.512 e. The van der Waals surface area contributed by atoms with Gasteiger partial charge in [0.2, 0.25) is 12.0 Å². The third-order valence-electron chi connectivity index (χ3n) is 12.8. The number of carbonyl (C=O) groups excluding carboxylic acids is 2. The number of rotatable bonds is 19. The molecule has 11 rings (SSSR count). The summed E-state index contributed by atoms with van der Waals surface area (Å²) in [5.74, 6) is -0.364. The maximum atomic E-state index is 10.9. The largest absolute Gasteiger partial charge is 1.00 e. The molecule has 0 aliphatic carbocycles. The summed E-state index contributed by atoms with van der Waals surface area (Å²) in [7, 11) is -3.44. The molecular formula is C63H61Br8N10NaO10S3. The van der Waals surface area contributed by atoms with Gasteiger partial charge in [0.15, 0.2) is 10.8 Å². The van der Waals surface area contributed by atoms with Gasteiger partial charge in [-0.1, -0.05) is 210 Å². The molecule has 20 nitrogen and oxygen atoms in total. The number of primary amides is 1. The van der Waals surface area contributed by atoms with Gasteiger partial charge < -0.3 is 52.3 Å². The first kappa shape index (κ1) is 83.3. The molecule has 0 fully saturated rings. The fourth-order valence-electron chi connectivity index (χ4n) is 8.39. The Morgan fingerprint density at radius 3 is 1.25 bits per heavy atom. The van der Waals surface area contributed by atoms with Crippen molar-refractivity contribution in [2.24, 2.45) is 37.2 Å². The number of nitrogens with zero attached hydrogens (tertiary/aromatic N) is 8. The Morgan fingerprint density at radius 1 is 0.589 bits per heavy atom. The minimum atomic E-state index is -3.44. The molecule has 5 aromatic carbocycles. The Bertz CT molecular complexity index is 3690. The zero-order chi connectivity index (χ0) is 68.6. The molecular weight excluding hydrogens is 1820 g/mol. The van der Waals surface area contributed by atoms with E-state index in [0.717, 1.165) is 138 Å². The number of aryl methyl sites for hydroxylation is 1. The summed E-state index contributed by atoms with van der Waals surface area (Å²) in [6.45, 7) is 11.9. The zero-order valence-electron chi connectivity index (χ0n) is 51.0. The Hall–Kier alpha value is -4.16. The van der Waals surface area contributed by atoms with Crippen molar-refractivity contribution < 1.29 is 75.9 Å². The van der Waals surface area contributed by atoms with Gasteiger partial charge in [0.25, 0.3) is 16.7 Å². The van der Waals surface area contributed by atoms with Gasteiger partial charge in [-0.2, -0.15) is 8.42 Å². The number of amides is 1. The van der Waals surface area contributed by atoms with E-state index in [1.807, 2.05) is 109 Å². The molecule has 5 aliphatic heterocycles. The number of alkyl halides is 2. The summed E-state index contributed by atoms with van der Waals surface area (Å²) in [6, 6.07) is 39.6. The van der Waals surface area contributed by atoms with Crippen molar-refractivity contribution in [2.45, 2.75) is 94.7 Å². The normalized spacial score (nSPS) is 17.6. The zero-order valence-corrected chi connectivity index (χ0v) is 68.1. The second-order valence-electron chi connectivity index (χ2n) is 20.2. The molecule has 6 aromatic rings. The van der Waals surface area contributed by atoms with Crippen LogP contribution in [0.4, 0.5) is 0 Å². The van der Waals surface area contributed by atoms with E-state index in [4.69, 9.17) is 66.3 Å². The predicted molar refractivity (Wildman–Crippen MR) is 399 cm³/mol. The van der Waals surface area contributed by atoms with Crippen molar-refractivity contribution in [2.75, 3.05) is 30.1 Å². The van der Waals surface area contributed by atoms with E-state index in [-0.39, 0.29) is 83.7 Å². The predicted octanol–water partition coefficient (Wildman–Crippen LogP) is 12.6. The molecule has 0 saturated carbocycles. The number of aromatic nitrogens is 1. The van der Waals surface area contributed by atoms with E-state index in [0.29, 0.717) is 37.2 Å². The summed E-state index contributed by atoms with van der Waals surface area (Å²) < 4.78 is 31.6. The van der Waals surface area contributed by atoms with Crippen LogP contribution in [0.2, 0.25) is 0 Å². The van der Waals surface area contributed by atoms with Gasteiger partial charge in [0.1, 0.15) is 24.9 Å². The standard InChI is InChI=1S/C15H14Br2N2OS.C11H11BrN2O2.C11H11BrN2OS.C11H9BrN2O.C11H12BrNO4S.C3H4Br2O.CN.Na/c16-6-5-12-9-21-15(18-12)8-13-7-14(19-20-13)10-1-3-11(17)4-2-10;12-8-3-1-7(2-4-8)10-5-9(16-14-10)6-11(13)15;12-8-3-1-7(2-4-8)10-5-9(15-14-10)6-11(13)16;1-13-7-10-6-11(14-15-10)8-2-4-9(12)5-3-8;1-18(14,15)16-7-10-6-11(13-17-10)8-2-4-9(12)5-3-8;4-2-1-3(5)6;1-2;/h1-4,9,13H,5-8H2;1-4,9H,5-6H2,(H2,13,15);1-4,9H,5-6H2,(H2,13,16);2-5,10H,6-7H2;2-5,10H,6-7H2,1H3;1-2H2;;/q;;;;;;-1;+1/t13-;2*9-;2*10-;;;/m11111.../s1. The first-order chi connectivity index (χ1) is 45.0. The molecule has 498 valence electrons. The molecule has 0 unspecified atom stereocenters. The molecule has 6 heterocycles. The van der Waals surface area contributed by atoms with Gasteiger partial charge in [0, 0.05) is 96.2 Å². The number of benzene rings is 5. The Morgan fingerprint density at radius 2 is 0.926 bits per heavy atom. The number of carbonyl (C=O) groups is 2. The van der Waals surface area contributed by atoms with Crippen molar-refractivity contribution >= 4 is 205 Å². The van der Waals surface area contributed by atoms with Crippen LogP contribution in [0.15, 0.2) is 175 Å². The first-order valence-corrected chi connectivity index (χ1v) is 38.3. The fourth-order valence-corrected chi connectivity index (χ4v) is 12.7. The monoisotopic (exact) mass is 1870 g/mol. The second kappa shape index (κ2) is 44.8. The SMILES string of the molecule is BrCCc1csc(C[C@H]2CC(c3ccc(Br)cc3)=NO2)n1.CS(=O)(=O)OC[C@H]1CC(c2ccc(Br)cc2)=NO1.NC(=O)C[C@H]1CC(c2ccc(Br)cc2)=NO1.NC(=S)C[C@H]1CC(c2ccc(Br)cc2)=NO1.O=C(Br)CCBr.[C-]#N.[C-]#[N+]C[C@H]1CC(c2ccc(Br)cc2)=NO1.[Na+]. The number of oxime groups is 5. The average Bonchev–Trinajstić information content (AvgIpc) is 1.86. The summed E-state index contributed by atoms with van der Waals surface area (Å²) in [4.78, 5) is 55.3. The van der Waals surface area contributed by atoms with Crippen LogP contribution < -0.4 is 41.0 Å². The third-order valence-corrected chi connectivity index (χ3v) is 18.3. The van der Waals surface area contributed by atoms with Crippen LogP contribution in [0.3, 0.4) is 0 Å². The van der Waals surface area contributed by atoms with E-state index in [1.54, 1.807) is 11.3 Å². The van der Waals surface area contributed by atoms with Crippen molar-refractivity contribution in [1.82, 2.24) is 4.98 Å². The quantitative estimate of drug-likeness (QED) is 0.0191. The van der Waals surface area contributed by atoms with Gasteiger partial charge in [-0.3, -0.25) is 13.8 Å². The van der Waals surface area contributed by atoms with Crippen LogP contribution in [-0.2, 0) is 60.9 Å². The number of halogens is 8. The molecule has 5 atom stereocenters. The molecule has 32 heteroatoms. The molecule has 0 spiro atoms. The molecule has 1 amide bonds. The average molecular weight is 1880 g/mol. The summed E-state index contributed by atoms with van der Waals surface area (Å²) in [5, 5.41) is 31.4. The Kier molecular flexibility index (Phi) is 39.2. The number of thiazole rings is 1. The van der Waals surface area contributed by atoms with Crippen LogP contribution in [-0.4, -0.2) is 118 Å². The maximum absolute atomic E-state index is 10.9. The maximum Gasteiger partial charge on any atom is 1.00 e. The Balaban J connectivity index is 0.000000246. The smallest absolute Gasteiger partial charge is 0.512 e. The third kappa shape index (κ3) is 32.1. The van der Waals surface area contributed by atoms with Gasteiger partial charge in [0.05, 0.1) is 56.9 Å². The summed E-state index contributed by atoms with van der Waals surface area (Å²) in [6.07, 6.45) is 7.15.